The van der Waals surface area contributed by atoms with E-state index in [1.54, 1.807) is 0 Å². The maximum atomic E-state index is 10.1. The minimum Gasteiger partial charge on any atom is -0.503 e. The van der Waals surface area contributed by atoms with Gasteiger partial charge in [-0.05, 0) is 18.1 Å². The molecule has 0 saturated heterocycles. The summed E-state index contributed by atoms with van der Waals surface area (Å²) >= 11 is 0. The summed E-state index contributed by atoms with van der Waals surface area (Å²) in [5.41, 5.74) is 3.02. The quantitative estimate of drug-likeness (QED) is 0.936. The van der Waals surface area contributed by atoms with Crippen LogP contribution in [0.2, 0.25) is 0 Å². The molecule has 0 unspecified atom stereocenters. The van der Waals surface area contributed by atoms with Crippen molar-refractivity contribution < 1.29 is 9.84 Å². The Morgan fingerprint density at radius 3 is 2.52 bits per heavy atom. The summed E-state index contributed by atoms with van der Waals surface area (Å²) in [4.78, 5) is 0. The van der Waals surface area contributed by atoms with E-state index in [0.717, 1.165) is 11.1 Å². The number of hydrogen-bond donors (Lipinski definition) is 1. The van der Waals surface area contributed by atoms with Crippen molar-refractivity contribution in [2.45, 2.75) is 13.3 Å². The molecule has 4 heteroatoms. The van der Waals surface area contributed by atoms with Crippen LogP contribution in [0.15, 0.2) is 30.3 Å². The van der Waals surface area contributed by atoms with Gasteiger partial charge in [-0.25, -0.2) is 0 Å². The fourth-order valence-electron chi connectivity index (χ4n) is 2.27. The number of rotatable bonds is 3. The molecule has 0 atom stereocenters. The molecule has 0 saturated carbocycles. The molecule has 0 aliphatic heterocycles. The zero-order valence-corrected chi connectivity index (χ0v) is 11.8. The first-order valence-electron chi connectivity index (χ1n) is 6.39. The van der Waals surface area contributed by atoms with E-state index in [-0.39, 0.29) is 17.1 Å². The van der Waals surface area contributed by atoms with E-state index in [2.05, 4.69) is 6.07 Å². The van der Waals surface area contributed by atoms with E-state index in [1.165, 1.54) is 13.2 Å². The van der Waals surface area contributed by atoms with E-state index in [0.29, 0.717) is 17.5 Å². The lowest BCUT2D eigenvalue weighted by Gasteiger charge is -2.12. The second-order valence-corrected chi connectivity index (χ2v) is 4.72. The SMILES string of the molecule is COc1cc(C#N)c(Cc2cccc(C)c2)c(C#N)c1O. The number of aromatic hydroxyl groups is 1. The number of benzene rings is 2. The highest BCUT2D eigenvalue weighted by atomic mass is 16.5. The van der Waals surface area contributed by atoms with Gasteiger partial charge in [0.2, 0.25) is 0 Å². The van der Waals surface area contributed by atoms with Crippen LogP contribution in [0, 0.1) is 29.6 Å². The monoisotopic (exact) mass is 278 g/mol. The molecule has 0 aromatic heterocycles. The molecular formula is C17H14N2O2. The van der Waals surface area contributed by atoms with Gasteiger partial charge in [-0.3, -0.25) is 0 Å². The lowest BCUT2D eigenvalue weighted by Crippen LogP contribution is -2.00. The van der Waals surface area contributed by atoms with Gasteiger partial charge in [-0.1, -0.05) is 29.8 Å². The molecule has 0 fully saturated rings. The summed E-state index contributed by atoms with van der Waals surface area (Å²) in [5.74, 6) is -0.0854. The number of phenolic OH excluding ortho intramolecular Hbond substituents is 1. The van der Waals surface area contributed by atoms with E-state index in [1.807, 2.05) is 37.3 Å². The van der Waals surface area contributed by atoms with E-state index in [4.69, 9.17) is 4.74 Å². The largest absolute Gasteiger partial charge is 0.503 e. The van der Waals surface area contributed by atoms with Crippen molar-refractivity contribution in [2.24, 2.45) is 0 Å². The van der Waals surface area contributed by atoms with E-state index >= 15 is 0 Å². The maximum absolute atomic E-state index is 10.1. The molecule has 0 amide bonds. The number of hydrogen-bond acceptors (Lipinski definition) is 4. The van der Waals surface area contributed by atoms with Crippen molar-refractivity contribution in [1.82, 2.24) is 0 Å². The zero-order chi connectivity index (χ0) is 15.4. The summed E-state index contributed by atoms with van der Waals surface area (Å²) in [6.45, 7) is 1.98. The molecule has 2 aromatic rings. The van der Waals surface area contributed by atoms with E-state index in [9.17, 15) is 15.6 Å². The first-order chi connectivity index (χ1) is 10.1. The number of ether oxygens (including phenoxy) is 1. The molecule has 0 radical (unpaired) electrons. The molecule has 2 aromatic carbocycles. The van der Waals surface area contributed by atoms with Gasteiger partial charge in [0.25, 0.3) is 0 Å². The third-order valence-corrected chi connectivity index (χ3v) is 3.29. The zero-order valence-electron chi connectivity index (χ0n) is 11.8. The Morgan fingerprint density at radius 2 is 1.95 bits per heavy atom. The van der Waals surface area contributed by atoms with Gasteiger partial charge in [0, 0.05) is 12.5 Å². The van der Waals surface area contributed by atoms with Crippen molar-refractivity contribution in [1.29, 1.82) is 10.5 Å². The molecule has 104 valence electrons. The van der Waals surface area contributed by atoms with Gasteiger partial charge in [-0.2, -0.15) is 10.5 Å². The number of phenols is 1. The summed E-state index contributed by atoms with van der Waals surface area (Å²) in [5, 5.41) is 28.6. The second-order valence-electron chi connectivity index (χ2n) is 4.72. The van der Waals surface area contributed by atoms with Crippen molar-refractivity contribution in [3.63, 3.8) is 0 Å². The number of nitriles is 2. The van der Waals surface area contributed by atoms with Crippen LogP contribution in [0.3, 0.4) is 0 Å². The average Bonchev–Trinajstić information content (AvgIpc) is 2.48. The molecule has 0 heterocycles. The Labute approximate surface area is 123 Å². The first kappa shape index (κ1) is 14.4. The maximum Gasteiger partial charge on any atom is 0.176 e. The van der Waals surface area contributed by atoms with Crippen molar-refractivity contribution in [3.05, 3.63) is 58.1 Å². The minimum absolute atomic E-state index is 0.0902. The Kier molecular flexibility index (Phi) is 4.11. The van der Waals surface area contributed by atoms with Crippen LogP contribution in [-0.2, 0) is 6.42 Å². The van der Waals surface area contributed by atoms with Crippen LogP contribution in [0.1, 0.15) is 27.8 Å². The Morgan fingerprint density at radius 1 is 1.19 bits per heavy atom. The van der Waals surface area contributed by atoms with Crippen LogP contribution in [0.5, 0.6) is 11.5 Å². The Hall–Kier alpha value is -2.98. The molecule has 1 N–H and O–H groups in total. The normalized spacial score (nSPS) is 9.71. The molecule has 0 aliphatic rings. The van der Waals surface area contributed by atoms with Gasteiger partial charge in [0.15, 0.2) is 11.5 Å². The van der Waals surface area contributed by atoms with Crippen molar-refractivity contribution in [3.8, 4) is 23.6 Å². The summed E-state index contributed by atoms with van der Waals surface area (Å²) < 4.78 is 5.00. The van der Waals surface area contributed by atoms with Gasteiger partial charge < -0.3 is 9.84 Å². The first-order valence-corrected chi connectivity index (χ1v) is 6.39. The number of methoxy groups -OCH3 is 1. The van der Waals surface area contributed by atoms with Crippen LogP contribution in [-0.4, -0.2) is 12.2 Å². The molecular weight excluding hydrogens is 264 g/mol. The van der Waals surface area contributed by atoms with Crippen LogP contribution < -0.4 is 4.74 Å². The minimum atomic E-state index is -0.221. The topological polar surface area (TPSA) is 77.0 Å². The predicted molar refractivity (Wildman–Crippen MR) is 78.1 cm³/mol. The van der Waals surface area contributed by atoms with Gasteiger partial charge in [-0.15, -0.1) is 0 Å². The van der Waals surface area contributed by atoms with E-state index < -0.39 is 0 Å². The van der Waals surface area contributed by atoms with Crippen molar-refractivity contribution in [2.75, 3.05) is 7.11 Å². The van der Waals surface area contributed by atoms with Crippen LogP contribution >= 0.6 is 0 Å². The summed E-state index contributed by atoms with van der Waals surface area (Å²) in [6, 6.07) is 13.3. The smallest absolute Gasteiger partial charge is 0.176 e. The highest BCUT2D eigenvalue weighted by Gasteiger charge is 2.18. The average molecular weight is 278 g/mol. The standard InChI is InChI=1S/C17H14N2O2/c1-11-4-3-5-12(6-11)7-14-13(9-18)8-16(21-2)17(20)15(14)10-19/h3-6,8,20H,7H2,1-2H3. The third-order valence-electron chi connectivity index (χ3n) is 3.29. The lowest BCUT2D eigenvalue weighted by molar-refractivity contribution is 0.372. The Bertz CT molecular complexity index is 768. The van der Waals surface area contributed by atoms with Crippen LogP contribution in [0.4, 0.5) is 0 Å². The van der Waals surface area contributed by atoms with Gasteiger partial charge in [0.1, 0.15) is 11.6 Å². The Balaban J connectivity index is 2.60. The van der Waals surface area contributed by atoms with Crippen molar-refractivity contribution >= 4 is 0 Å². The third kappa shape index (κ3) is 2.80. The predicted octanol–water partition coefficient (Wildman–Crippen LogP) is 3.04. The van der Waals surface area contributed by atoms with Gasteiger partial charge >= 0.3 is 0 Å². The summed E-state index contributed by atoms with van der Waals surface area (Å²) in [7, 11) is 1.39. The fraction of sp³-hybridized carbons (Fsp3) is 0.176. The molecule has 2 rings (SSSR count). The number of nitrogens with zero attached hydrogens (tertiary/aromatic N) is 2. The molecule has 4 nitrogen and oxygen atoms in total. The molecule has 0 bridgehead atoms. The molecule has 21 heavy (non-hydrogen) atoms. The highest BCUT2D eigenvalue weighted by molar-refractivity contribution is 5.62. The number of aryl methyl sites for hydroxylation is 1. The molecule has 0 aliphatic carbocycles. The second kappa shape index (κ2) is 5.98. The van der Waals surface area contributed by atoms with Crippen LogP contribution in [0.25, 0.3) is 0 Å². The lowest BCUT2D eigenvalue weighted by atomic mass is 9.94. The fourth-order valence-corrected chi connectivity index (χ4v) is 2.27. The molecule has 0 spiro atoms. The summed E-state index contributed by atoms with van der Waals surface area (Å²) in [6.07, 6.45) is 0.408. The van der Waals surface area contributed by atoms with Gasteiger partial charge in [0.05, 0.1) is 18.7 Å². The highest BCUT2D eigenvalue weighted by Crippen LogP contribution is 2.35.